The van der Waals surface area contributed by atoms with Crippen molar-refractivity contribution in [3.8, 4) is 23.0 Å². The van der Waals surface area contributed by atoms with E-state index in [2.05, 4.69) is 0 Å². The topological polar surface area (TPSA) is 239 Å². The van der Waals surface area contributed by atoms with E-state index in [1.807, 2.05) is 0 Å². The van der Waals surface area contributed by atoms with Crippen molar-refractivity contribution in [2.24, 2.45) is 0 Å². The summed E-state index contributed by atoms with van der Waals surface area (Å²) in [5, 5.41) is 101. The Hall–Kier alpha value is -3.02. The molecule has 0 radical (unpaired) electrons. The Kier molecular flexibility index (Phi) is 9.48. The van der Waals surface area contributed by atoms with Crippen LogP contribution in [0.1, 0.15) is 11.1 Å². The molecule has 2 aliphatic rings. The van der Waals surface area contributed by atoms with Crippen molar-refractivity contribution >= 4 is 12.2 Å². The third-order valence-corrected chi connectivity index (χ3v) is 6.61. The maximum atomic E-state index is 10.5. The number of aliphatic hydroxyl groups is 7. The molecule has 0 bridgehead atoms. The van der Waals surface area contributed by atoms with Gasteiger partial charge in [-0.2, -0.15) is 0 Å². The lowest BCUT2D eigenvalue weighted by atomic mass is 9.98. The highest BCUT2D eigenvalue weighted by molar-refractivity contribution is 5.75. The van der Waals surface area contributed by atoms with Crippen LogP contribution in [0, 0.1) is 0 Å². The second-order valence-corrected chi connectivity index (χ2v) is 9.47. The maximum Gasteiger partial charge on any atom is 0.229 e. The van der Waals surface area contributed by atoms with Crippen LogP contribution in [0.3, 0.4) is 0 Å². The van der Waals surface area contributed by atoms with Gasteiger partial charge in [0.15, 0.2) is 17.8 Å². The normalized spacial score (nSPS) is 34.7. The summed E-state index contributed by atoms with van der Waals surface area (Å²) in [6.45, 7) is -1.25. The number of phenols is 3. The summed E-state index contributed by atoms with van der Waals surface area (Å²) in [6, 6.07) is 8.38. The number of benzene rings is 2. The van der Waals surface area contributed by atoms with Gasteiger partial charge < -0.3 is 70.0 Å². The van der Waals surface area contributed by atoms with Crippen LogP contribution in [-0.2, 0) is 14.2 Å². The van der Waals surface area contributed by atoms with E-state index in [9.17, 15) is 51.1 Å². The fraction of sp³-hybridized carbons (Fsp3) is 0.462. The number of ether oxygens (including phenoxy) is 4. The predicted octanol–water partition coefficient (Wildman–Crippen LogP) is -2.02. The van der Waals surface area contributed by atoms with Crippen molar-refractivity contribution in [3.05, 3.63) is 47.5 Å². The average molecular weight is 569 g/mol. The predicted molar refractivity (Wildman–Crippen MR) is 134 cm³/mol. The Balaban J connectivity index is 1.50. The summed E-state index contributed by atoms with van der Waals surface area (Å²) in [5.74, 6) is -1.02. The highest BCUT2D eigenvalue weighted by Gasteiger charge is 2.48. The molecule has 0 aromatic heterocycles. The highest BCUT2D eigenvalue weighted by atomic mass is 16.7. The summed E-state index contributed by atoms with van der Waals surface area (Å²) in [6.07, 6.45) is -13.1. The lowest BCUT2D eigenvalue weighted by Crippen LogP contribution is -2.62. The molecule has 2 heterocycles. The van der Waals surface area contributed by atoms with E-state index >= 15 is 0 Å². The first-order valence-electron chi connectivity index (χ1n) is 12.3. The first kappa shape index (κ1) is 30.0. The van der Waals surface area contributed by atoms with Crippen LogP contribution in [-0.4, -0.2) is 126 Å². The number of phenolic OH excluding ortho intramolecular Hbond substituents is 3. The quantitative estimate of drug-likeness (QED) is 0.155. The Morgan fingerprint density at radius 3 is 1.93 bits per heavy atom. The molecule has 0 spiro atoms. The molecular formula is C26H32O14. The smallest absolute Gasteiger partial charge is 0.229 e. The van der Waals surface area contributed by atoms with Crippen molar-refractivity contribution in [1.82, 2.24) is 0 Å². The summed E-state index contributed by atoms with van der Waals surface area (Å²) in [7, 11) is 0. The fourth-order valence-electron chi connectivity index (χ4n) is 4.31. The standard InChI is InChI=1S/C26H32O14/c27-9-16-18(31)20(33)22(35)25(38-16)37-10-17-19(32)21(34)23(36)26(39-17)40-24-12(7-14(29)8-15(24)30)4-1-11-2-5-13(28)6-3-11/h1-8,16-23,25-36H,9-10H2/b4-1+/t16-,17-,18-,19-,20-,21+,22-,23-,25-,26+/m1/s1. The molecule has 2 aromatic carbocycles. The number of aliphatic hydroxyl groups excluding tert-OH is 7. The SMILES string of the molecule is OC[C@H]1O[C@@H](OC[C@H]2O[C@@H](Oc3c(O)cc(O)cc3/C=C/c3ccc(O)cc3)[C@H](O)[C@@H](O)[C@@H]2O)[C@H](O)[C@H](O)[C@@H]1O. The molecular weight excluding hydrogens is 536 g/mol. The Morgan fingerprint density at radius 1 is 0.675 bits per heavy atom. The van der Waals surface area contributed by atoms with Gasteiger partial charge in [0.05, 0.1) is 13.2 Å². The number of aromatic hydroxyl groups is 3. The summed E-state index contributed by atoms with van der Waals surface area (Å²) in [4.78, 5) is 0. The van der Waals surface area contributed by atoms with Crippen molar-refractivity contribution in [2.75, 3.05) is 13.2 Å². The largest absolute Gasteiger partial charge is 0.508 e. The molecule has 220 valence electrons. The van der Waals surface area contributed by atoms with Crippen molar-refractivity contribution < 1.29 is 70.0 Å². The van der Waals surface area contributed by atoms with E-state index in [-0.39, 0.29) is 22.8 Å². The molecule has 10 N–H and O–H groups in total. The van der Waals surface area contributed by atoms with E-state index in [1.54, 1.807) is 18.2 Å². The van der Waals surface area contributed by atoms with E-state index in [1.165, 1.54) is 24.3 Å². The van der Waals surface area contributed by atoms with E-state index in [0.717, 1.165) is 6.07 Å². The monoisotopic (exact) mass is 568 g/mol. The van der Waals surface area contributed by atoms with Gasteiger partial charge in [-0.25, -0.2) is 0 Å². The molecule has 0 saturated carbocycles. The van der Waals surface area contributed by atoms with E-state index in [4.69, 9.17) is 18.9 Å². The van der Waals surface area contributed by atoms with Gasteiger partial charge in [-0.15, -0.1) is 0 Å². The van der Waals surface area contributed by atoms with Gasteiger partial charge in [0.1, 0.15) is 60.3 Å². The zero-order chi connectivity index (χ0) is 29.1. The van der Waals surface area contributed by atoms with Gasteiger partial charge in [-0.05, 0) is 23.8 Å². The molecule has 0 unspecified atom stereocenters. The molecule has 2 aromatic rings. The second-order valence-electron chi connectivity index (χ2n) is 9.47. The molecule has 2 saturated heterocycles. The minimum Gasteiger partial charge on any atom is -0.508 e. The summed E-state index contributed by atoms with van der Waals surface area (Å²) in [5.41, 5.74) is 0.806. The summed E-state index contributed by atoms with van der Waals surface area (Å²) >= 11 is 0. The van der Waals surface area contributed by atoms with Crippen LogP contribution < -0.4 is 4.74 Å². The minimum absolute atomic E-state index is 0.0606. The van der Waals surface area contributed by atoms with Crippen LogP contribution in [0.5, 0.6) is 23.0 Å². The Bertz CT molecular complexity index is 1150. The van der Waals surface area contributed by atoms with Gasteiger partial charge in [-0.1, -0.05) is 24.3 Å². The molecule has 10 atom stereocenters. The molecule has 40 heavy (non-hydrogen) atoms. The van der Waals surface area contributed by atoms with Crippen molar-refractivity contribution in [3.63, 3.8) is 0 Å². The third kappa shape index (κ3) is 6.47. The molecule has 2 fully saturated rings. The lowest BCUT2D eigenvalue weighted by Gasteiger charge is -2.42. The van der Waals surface area contributed by atoms with Gasteiger partial charge in [0, 0.05) is 11.6 Å². The van der Waals surface area contributed by atoms with Crippen LogP contribution in [0.25, 0.3) is 12.2 Å². The average Bonchev–Trinajstić information content (AvgIpc) is 2.93. The zero-order valence-corrected chi connectivity index (χ0v) is 20.9. The molecule has 4 rings (SSSR count). The molecule has 14 heteroatoms. The first-order valence-corrected chi connectivity index (χ1v) is 12.3. The van der Waals surface area contributed by atoms with E-state index < -0.39 is 80.4 Å². The van der Waals surface area contributed by atoms with Crippen LogP contribution in [0.15, 0.2) is 36.4 Å². The van der Waals surface area contributed by atoms with Gasteiger partial charge in [-0.3, -0.25) is 0 Å². The van der Waals surface area contributed by atoms with Crippen LogP contribution >= 0.6 is 0 Å². The molecule has 2 aliphatic heterocycles. The fourth-order valence-corrected chi connectivity index (χ4v) is 4.31. The summed E-state index contributed by atoms with van der Waals surface area (Å²) < 4.78 is 21.9. The van der Waals surface area contributed by atoms with Crippen LogP contribution in [0.4, 0.5) is 0 Å². The molecule has 0 amide bonds. The second kappa shape index (κ2) is 12.7. The molecule has 0 aliphatic carbocycles. The first-order chi connectivity index (χ1) is 19.0. The zero-order valence-electron chi connectivity index (χ0n) is 20.9. The minimum atomic E-state index is -1.81. The van der Waals surface area contributed by atoms with Crippen molar-refractivity contribution in [1.29, 1.82) is 0 Å². The third-order valence-electron chi connectivity index (χ3n) is 6.61. The van der Waals surface area contributed by atoms with Crippen LogP contribution in [0.2, 0.25) is 0 Å². The Labute approximate surface area is 227 Å². The van der Waals surface area contributed by atoms with Gasteiger partial charge in [0.25, 0.3) is 0 Å². The number of rotatable bonds is 8. The lowest BCUT2D eigenvalue weighted by molar-refractivity contribution is -0.323. The van der Waals surface area contributed by atoms with E-state index in [0.29, 0.717) is 5.56 Å². The van der Waals surface area contributed by atoms with Gasteiger partial charge in [0.2, 0.25) is 6.29 Å². The molecule has 14 nitrogen and oxygen atoms in total. The Morgan fingerprint density at radius 2 is 1.27 bits per heavy atom. The highest BCUT2D eigenvalue weighted by Crippen LogP contribution is 2.38. The number of hydrogen-bond acceptors (Lipinski definition) is 14. The maximum absolute atomic E-state index is 10.5. The number of hydrogen-bond donors (Lipinski definition) is 10. The van der Waals surface area contributed by atoms with Gasteiger partial charge >= 0.3 is 0 Å². The van der Waals surface area contributed by atoms with Crippen molar-refractivity contribution in [2.45, 2.75) is 61.4 Å².